The van der Waals surface area contributed by atoms with Gasteiger partial charge in [0.2, 0.25) is 0 Å². The van der Waals surface area contributed by atoms with Gasteiger partial charge in [0.05, 0.1) is 22.6 Å². The fraction of sp³-hybridized carbons (Fsp3) is 0. The summed E-state index contributed by atoms with van der Waals surface area (Å²) >= 11 is 0. The second-order valence-corrected chi connectivity index (χ2v) is 6.93. The van der Waals surface area contributed by atoms with Crippen LogP contribution in [-0.2, 0) is 0 Å². The van der Waals surface area contributed by atoms with Gasteiger partial charge in [0.1, 0.15) is 16.9 Å². The molecule has 7 heteroatoms. The lowest BCUT2D eigenvalue weighted by atomic mass is 10.1. The minimum atomic E-state index is 0.751. The Morgan fingerprint density at radius 3 is 2.67 bits per heavy atom. The van der Waals surface area contributed by atoms with E-state index in [2.05, 4.69) is 36.2 Å². The van der Waals surface area contributed by atoms with Crippen molar-refractivity contribution in [2.45, 2.75) is 0 Å². The Labute approximate surface area is 170 Å². The summed E-state index contributed by atoms with van der Waals surface area (Å²) in [6.45, 7) is 0. The van der Waals surface area contributed by atoms with Crippen molar-refractivity contribution in [3.05, 3.63) is 79.4 Å². The lowest BCUT2D eigenvalue weighted by Gasteiger charge is -2.01. The van der Waals surface area contributed by atoms with Crippen LogP contribution in [0.4, 0.5) is 0 Å². The smallest absolute Gasteiger partial charge is 0.138 e. The molecule has 0 spiro atoms. The van der Waals surface area contributed by atoms with Gasteiger partial charge in [-0.05, 0) is 48.5 Å². The van der Waals surface area contributed by atoms with E-state index in [-0.39, 0.29) is 0 Å². The van der Waals surface area contributed by atoms with Crippen molar-refractivity contribution >= 4 is 22.1 Å². The minimum absolute atomic E-state index is 0.751. The van der Waals surface area contributed by atoms with Crippen LogP contribution in [0.5, 0.6) is 0 Å². The Kier molecular flexibility index (Phi) is 3.64. The summed E-state index contributed by atoms with van der Waals surface area (Å²) in [4.78, 5) is 21.4. The van der Waals surface area contributed by atoms with E-state index in [0.717, 1.165) is 56.0 Å². The third-order valence-corrected chi connectivity index (χ3v) is 5.09. The molecule has 0 unspecified atom stereocenters. The molecule has 0 saturated heterocycles. The molecular weight excluding hydrogens is 374 g/mol. The van der Waals surface area contributed by atoms with Gasteiger partial charge in [-0.25, -0.2) is 9.97 Å². The normalized spacial score (nSPS) is 11.3. The summed E-state index contributed by atoms with van der Waals surface area (Å²) < 4.78 is 0. The largest absolute Gasteiger partial charge is 0.338 e. The number of aromatic amines is 2. The summed E-state index contributed by atoms with van der Waals surface area (Å²) in [7, 11) is 0. The number of pyridine rings is 4. The molecule has 7 nitrogen and oxygen atoms in total. The second-order valence-electron chi connectivity index (χ2n) is 6.93. The van der Waals surface area contributed by atoms with E-state index in [1.54, 1.807) is 24.8 Å². The van der Waals surface area contributed by atoms with Crippen molar-refractivity contribution in [3.63, 3.8) is 0 Å². The minimum Gasteiger partial charge on any atom is -0.338 e. The molecule has 0 radical (unpaired) electrons. The third kappa shape index (κ3) is 2.64. The highest BCUT2D eigenvalue weighted by atomic mass is 15.1. The summed E-state index contributed by atoms with van der Waals surface area (Å²) in [5.74, 6) is 0. The molecule has 142 valence electrons. The molecule has 0 aliphatic carbocycles. The number of hydrogen-bond donors (Lipinski definition) is 2. The van der Waals surface area contributed by atoms with Crippen LogP contribution in [0.15, 0.2) is 79.4 Å². The molecule has 0 atom stereocenters. The molecule has 6 aromatic heterocycles. The van der Waals surface area contributed by atoms with Crippen LogP contribution in [0, 0.1) is 0 Å². The predicted octanol–water partition coefficient (Wildman–Crippen LogP) is 4.63. The highest BCUT2D eigenvalue weighted by Gasteiger charge is 2.16. The van der Waals surface area contributed by atoms with Gasteiger partial charge in [-0.1, -0.05) is 6.07 Å². The molecule has 6 aromatic rings. The number of nitrogens with zero attached hydrogens (tertiary/aromatic N) is 5. The average Bonchev–Trinajstić information content (AvgIpc) is 3.43. The molecule has 6 rings (SSSR count). The SMILES string of the molecule is c1ccc(-c2ccnc3[nH]c(-c4n[nH]c5ccc(-c6cccnc6)nc45)cc23)nc1. The molecular formula is C23H15N7. The Morgan fingerprint density at radius 1 is 0.800 bits per heavy atom. The standard InChI is InChI=1S/C23H15N7/c1-2-10-25-18(5-1)15-8-11-26-23-16(15)12-20(28-23)22-21-19(29-30-22)7-6-17(27-21)14-4-3-9-24-13-14/h1-13H,(H,26,28)(H,29,30). The zero-order chi connectivity index (χ0) is 19.9. The number of hydrogen-bond acceptors (Lipinski definition) is 5. The van der Waals surface area contributed by atoms with Gasteiger partial charge in [-0.3, -0.25) is 15.1 Å². The first-order valence-corrected chi connectivity index (χ1v) is 9.52. The van der Waals surface area contributed by atoms with Crippen LogP contribution in [0.2, 0.25) is 0 Å². The number of H-pyrrole nitrogens is 2. The van der Waals surface area contributed by atoms with Gasteiger partial charge < -0.3 is 4.98 Å². The van der Waals surface area contributed by atoms with Gasteiger partial charge in [0, 0.05) is 41.3 Å². The molecule has 6 heterocycles. The Hall–Kier alpha value is -4.39. The maximum absolute atomic E-state index is 4.85. The van der Waals surface area contributed by atoms with Crippen LogP contribution < -0.4 is 0 Å². The zero-order valence-electron chi connectivity index (χ0n) is 15.7. The van der Waals surface area contributed by atoms with Crippen molar-refractivity contribution in [2.75, 3.05) is 0 Å². The third-order valence-electron chi connectivity index (χ3n) is 5.09. The van der Waals surface area contributed by atoms with Crippen molar-refractivity contribution in [3.8, 4) is 33.9 Å². The first-order valence-electron chi connectivity index (χ1n) is 9.52. The summed E-state index contributed by atoms with van der Waals surface area (Å²) in [5.41, 5.74) is 7.78. The Morgan fingerprint density at radius 2 is 1.80 bits per heavy atom. The van der Waals surface area contributed by atoms with Gasteiger partial charge in [0.25, 0.3) is 0 Å². The molecule has 0 saturated carbocycles. The number of nitrogens with one attached hydrogen (secondary N) is 2. The maximum Gasteiger partial charge on any atom is 0.138 e. The van der Waals surface area contributed by atoms with Crippen molar-refractivity contribution in [1.82, 2.24) is 35.1 Å². The molecule has 0 bridgehead atoms. The van der Waals surface area contributed by atoms with Gasteiger partial charge in [-0.2, -0.15) is 5.10 Å². The number of fused-ring (bicyclic) bond motifs is 2. The molecule has 2 N–H and O–H groups in total. The molecule has 0 aliphatic rings. The Bertz CT molecular complexity index is 1480. The van der Waals surface area contributed by atoms with Crippen molar-refractivity contribution < 1.29 is 0 Å². The van der Waals surface area contributed by atoms with Crippen LogP contribution in [-0.4, -0.2) is 35.1 Å². The van der Waals surface area contributed by atoms with E-state index in [1.165, 1.54) is 0 Å². The molecule has 0 aromatic carbocycles. The Balaban J connectivity index is 1.52. The van der Waals surface area contributed by atoms with E-state index in [1.807, 2.05) is 48.5 Å². The van der Waals surface area contributed by atoms with Crippen molar-refractivity contribution in [2.24, 2.45) is 0 Å². The quantitative estimate of drug-likeness (QED) is 0.460. The fourth-order valence-electron chi connectivity index (χ4n) is 3.66. The first kappa shape index (κ1) is 16.6. The summed E-state index contributed by atoms with van der Waals surface area (Å²) in [6.07, 6.45) is 7.14. The maximum atomic E-state index is 4.85. The summed E-state index contributed by atoms with van der Waals surface area (Å²) in [5, 5.41) is 8.59. The van der Waals surface area contributed by atoms with E-state index in [9.17, 15) is 0 Å². The molecule has 30 heavy (non-hydrogen) atoms. The average molecular weight is 389 g/mol. The van der Waals surface area contributed by atoms with Gasteiger partial charge >= 0.3 is 0 Å². The highest BCUT2D eigenvalue weighted by Crippen LogP contribution is 2.32. The summed E-state index contributed by atoms with van der Waals surface area (Å²) in [6, 6.07) is 17.8. The second kappa shape index (κ2) is 6.59. The van der Waals surface area contributed by atoms with E-state index in [0.29, 0.717) is 0 Å². The molecule has 0 amide bonds. The number of aromatic nitrogens is 7. The van der Waals surface area contributed by atoms with Crippen LogP contribution in [0.3, 0.4) is 0 Å². The molecule has 0 aliphatic heterocycles. The van der Waals surface area contributed by atoms with Crippen LogP contribution in [0.1, 0.15) is 0 Å². The fourth-order valence-corrected chi connectivity index (χ4v) is 3.66. The van der Waals surface area contributed by atoms with Crippen molar-refractivity contribution in [1.29, 1.82) is 0 Å². The number of rotatable bonds is 3. The first-order chi connectivity index (χ1) is 14.9. The topological polar surface area (TPSA) is 96.0 Å². The predicted molar refractivity (Wildman–Crippen MR) is 115 cm³/mol. The van der Waals surface area contributed by atoms with Gasteiger partial charge in [0.15, 0.2) is 0 Å². The van der Waals surface area contributed by atoms with E-state index >= 15 is 0 Å². The van der Waals surface area contributed by atoms with Gasteiger partial charge in [-0.15, -0.1) is 0 Å². The lowest BCUT2D eigenvalue weighted by molar-refractivity contribution is 1.12. The van der Waals surface area contributed by atoms with Crippen LogP contribution >= 0.6 is 0 Å². The monoisotopic (exact) mass is 389 g/mol. The zero-order valence-corrected chi connectivity index (χ0v) is 15.7. The van der Waals surface area contributed by atoms with Crippen LogP contribution in [0.25, 0.3) is 56.0 Å². The lowest BCUT2D eigenvalue weighted by Crippen LogP contribution is -1.86. The molecule has 0 fully saturated rings. The van der Waals surface area contributed by atoms with E-state index < -0.39 is 0 Å². The highest BCUT2D eigenvalue weighted by molar-refractivity contribution is 5.98. The van der Waals surface area contributed by atoms with E-state index in [4.69, 9.17) is 4.98 Å².